The molecular weight excluding hydrogens is 509 g/mol. The van der Waals surface area contributed by atoms with Crippen LogP contribution in [-0.2, 0) is 6.61 Å². The van der Waals surface area contributed by atoms with Crippen molar-refractivity contribution in [3.8, 4) is 28.4 Å². The first-order chi connectivity index (χ1) is 19.1. The van der Waals surface area contributed by atoms with Crippen LogP contribution in [0.5, 0.6) is 17.2 Å². The van der Waals surface area contributed by atoms with Gasteiger partial charge in [-0.3, -0.25) is 0 Å². The van der Waals surface area contributed by atoms with Gasteiger partial charge in [0.1, 0.15) is 29.7 Å². The van der Waals surface area contributed by atoms with E-state index in [2.05, 4.69) is 43.5 Å². The molecule has 2 aliphatic heterocycles. The molecule has 3 aromatic carbocycles. The van der Waals surface area contributed by atoms with Crippen molar-refractivity contribution in [1.29, 1.82) is 0 Å². The molecule has 1 fully saturated rings. The number of rotatable bonds is 6. The Balaban J connectivity index is 1.53. The van der Waals surface area contributed by atoms with Crippen molar-refractivity contribution in [2.75, 3.05) is 38.6 Å². The summed E-state index contributed by atoms with van der Waals surface area (Å²) in [6.07, 6.45) is 1.82. The van der Waals surface area contributed by atoms with Crippen LogP contribution in [0.15, 0.2) is 54.6 Å². The number of aryl methyl sites for hydroxylation is 1. The second kappa shape index (κ2) is 11.2. The molecule has 0 aliphatic carbocycles. The first-order valence-corrected chi connectivity index (χ1v) is 13.5. The van der Waals surface area contributed by atoms with Gasteiger partial charge >= 0.3 is 6.09 Å². The van der Waals surface area contributed by atoms with Gasteiger partial charge in [0.25, 0.3) is 0 Å². The molecule has 1 saturated heterocycles. The lowest BCUT2D eigenvalue weighted by atomic mass is 9.85. The number of hydrogen-bond donors (Lipinski definition) is 2. The zero-order valence-electron chi connectivity index (χ0n) is 23.7. The quantitative estimate of drug-likeness (QED) is 0.374. The maximum Gasteiger partial charge on any atom is 0.415 e. The van der Waals surface area contributed by atoms with E-state index in [4.69, 9.17) is 14.2 Å². The monoisotopic (exact) mass is 545 g/mol. The molecule has 0 spiro atoms. The number of anilines is 1. The van der Waals surface area contributed by atoms with Gasteiger partial charge in [-0.15, -0.1) is 0 Å². The Morgan fingerprint density at radius 1 is 1.00 bits per heavy atom. The molecule has 0 atom stereocenters. The number of amides is 1. The Morgan fingerprint density at radius 3 is 2.50 bits per heavy atom. The van der Waals surface area contributed by atoms with Crippen LogP contribution in [0.2, 0.25) is 0 Å². The van der Waals surface area contributed by atoms with E-state index in [1.807, 2.05) is 19.1 Å². The van der Waals surface area contributed by atoms with E-state index in [1.54, 1.807) is 30.2 Å². The number of carbonyl (C=O) groups excluding carboxylic acids is 1. The van der Waals surface area contributed by atoms with Crippen molar-refractivity contribution in [2.24, 2.45) is 0 Å². The smallest absolute Gasteiger partial charge is 0.415 e. The number of fused-ring (bicyclic) bond motifs is 1. The van der Waals surface area contributed by atoms with Gasteiger partial charge in [0, 0.05) is 60.7 Å². The van der Waals surface area contributed by atoms with Gasteiger partial charge in [-0.25, -0.2) is 9.18 Å². The minimum Gasteiger partial charge on any atom is -0.496 e. The summed E-state index contributed by atoms with van der Waals surface area (Å²) in [4.78, 5) is 14.4. The Kier molecular flexibility index (Phi) is 7.72. The van der Waals surface area contributed by atoms with E-state index in [-0.39, 0.29) is 24.1 Å². The minimum absolute atomic E-state index is 0.205. The third kappa shape index (κ3) is 5.77. The number of ether oxygens (including phenoxy) is 3. The molecule has 8 heteroatoms. The third-order valence-electron chi connectivity index (χ3n) is 7.31. The summed E-state index contributed by atoms with van der Waals surface area (Å²) >= 11 is 0. The number of nitrogens with zero attached hydrogens (tertiary/aromatic N) is 1. The largest absolute Gasteiger partial charge is 0.496 e. The average molecular weight is 546 g/mol. The molecule has 2 aliphatic rings. The zero-order chi connectivity index (χ0) is 28.4. The van der Waals surface area contributed by atoms with Crippen LogP contribution in [0.3, 0.4) is 0 Å². The fourth-order valence-electron chi connectivity index (χ4n) is 5.45. The van der Waals surface area contributed by atoms with Gasteiger partial charge in [0.05, 0.1) is 12.6 Å². The Labute approximate surface area is 234 Å². The highest BCUT2D eigenvalue weighted by Gasteiger charge is 2.27. The summed E-state index contributed by atoms with van der Waals surface area (Å²) in [7, 11) is 1.60. The van der Waals surface area contributed by atoms with Gasteiger partial charge in [-0.2, -0.15) is 0 Å². The number of nitrogens with one attached hydrogen (secondary N) is 2. The standard InChI is InChI=1S/C32H36FN3O4/c1-20-6-7-22(33)16-28(20)39-19-26-24(10-11-27-30(26)21(2)18-32(3,4)35-27)25-9-8-23(17-29(25)38-5)40-31(37)36-14-12-34-13-15-36/h6-11,16-18,34-35H,12-15,19H2,1-5H3. The van der Waals surface area contributed by atoms with Crippen LogP contribution in [0.1, 0.15) is 37.5 Å². The van der Waals surface area contributed by atoms with Crippen molar-refractivity contribution in [3.05, 3.63) is 77.1 Å². The van der Waals surface area contributed by atoms with Crippen molar-refractivity contribution in [2.45, 2.75) is 39.8 Å². The lowest BCUT2D eigenvalue weighted by Crippen LogP contribution is -2.47. The van der Waals surface area contributed by atoms with Crippen LogP contribution < -0.4 is 24.8 Å². The molecule has 1 amide bonds. The van der Waals surface area contributed by atoms with E-state index < -0.39 is 0 Å². The molecule has 40 heavy (non-hydrogen) atoms. The third-order valence-corrected chi connectivity index (χ3v) is 7.31. The van der Waals surface area contributed by atoms with Gasteiger partial charge in [0.15, 0.2) is 0 Å². The van der Waals surface area contributed by atoms with Crippen LogP contribution in [0.25, 0.3) is 16.7 Å². The minimum atomic E-state index is -0.376. The molecule has 210 valence electrons. The SMILES string of the molecule is COc1cc(OC(=O)N2CCNCC2)ccc1-c1ccc2c(c1COc1cc(F)ccc1C)C(C)=CC(C)(C)N2. The highest BCUT2D eigenvalue weighted by Crippen LogP contribution is 2.43. The van der Waals surface area contributed by atoms with E-state index in [9.17, 15) is 9.18 Å². The Bertz CT molecular complexity index is 1460. The van der Waals surface area contributed by atoms with Gasteiger partial charge in [-0.05, 0) is 68.7 Å². The van der Waals surface area contributed by atoms with Crippen LogP contribution >= 0.6 is 0 Å². The first-order valence-electron chi connectivity index (χ1n) is 13.5. The molecule has 7 nitrogen and oxygen atoms in total. The maximum atomic E-state index is 14.0. The first kappa shape index (κ1) is 27.5. The maximum absolute atomic E-state index is 14.0. The summed E-state index contributed by atoms with van der Waals surface area (Å²) in [5.41, 5.74) is 6.51. The number of methoxy groups -OCH3 is 1. The van der Waals surface area contributed by atoms with Crippen LogP contribution in [0.4, 0.5) is 14.9 Å². The molecule has 0 aromatic heterocycles. The number of carbonyl (C=O) groups is 1. The van der Waals surface area contributed by atoms with Crippen molar-refractivity contribution in [3.63, 3.8) is 0 Å². The van der Waals surface area contributed by atoms with E-state index in [1.165, 1.54) is 12.1 Å². The number of benzene rings is 3. The molecule has 2 heterocycles. The fourth-order valence-corrected chi connectivity index (χ4v) is 5.45. The molecule has 0 radical (unpaired) electrons. The number of hydrogen-bond acceptors (Lipinski definition) is 6. The topological polar surface area (TPSA) is 72.1 Å². The highest BCUT2D eigenvalue weighted by atomic mass is 19.1. The summed E-state index contributed by atoms with van der Waals surface area (Å²) < 4.78 is 31.7. The van der Waals surface area contributed by atoms with Crippen molar-refractivity contribution < 1.29 is 23.4 Å². The van der Waals surface area contributed by atoms with Gasteiger partial charge in [0.2, 0.25) is 0 Å². The van der Waals surface area contributed by atoms with Gasteiger partial charge < -0.3 is 29.7 Å². The van der Waals surface area contributed by atoms with Crippen molar-refractivity contribution >= 4 is 17.4 Å². The molecule has 2 N–H and O–H groups in total. The molecule has 0 saturated carbocycles. The molecule has 0 bridgehead atoms. The lowest BCUT2D eigenvalue weighted by Gasteiger charge is -2.33. The molecule has 3 aromatic rings. The second-order valence-corrected chi connectivity index (χ2v) is 10.9. The fraction of sp³-hybridized carbons (Fsp3) is 0.344. The molecular formula is C32H36FN3O4. The number of allylic oxidation sites excluding steroid dienone is 1. The number of halogens is 1. The van der Waals surface area contributed by atoms with Crippen molar-refractivity contribution in [1.82, 2.24) is 10.2 Å². The van der Waals surface area contributed by atoms with Crippen LogP contribution in [0, 0.1) is 12.7 Å². The Morgan fingerprint density at radius 2 is 1.75 bits per heavy atom. The Hall–Kier alpha value is -4.04. The highest BCUT2D eigenvalue weighted by molar-refractivity contribution is 5.88. The lowest BCUT2D eigenvalue weighted by molar-refractivity contribution is 0.145. The predicted molar refractivity (Wildman–Crippen MR) is 156 cm³/mol. The second-order valence-electron chi connectivity index (χ2n) is 10.9. The molecule has 0 unspecified atom stereocenters. The average Bonchev–Trinajstić information content (AvgIpc) is 2.93. The van der Waals surface area contributed by atoms with Crippen LogP contribution in [-0.4, -0.2) is 49.8 Å². The van der Waals surface area contributed by atoms with Gasteiger partial charge in [-0.1, -0.05) is 18.2 Å². The van der Waals surface area contributed by atoms with E-state index >= 15 is 0 Å². The summed E-state index contributed by atoms with van der Waals surface area (Å²) in [6.45, 7) is 11.2. The predicted octanol–water partition coefficient (Wildman–Crippen LogP) is 6.40. The van der Waals surface area contributed by atoms with E-state index in [0.717, 1.165) is 52.2 Å². The normalized spacial score (nSPS) is 15.9. The van der Waals surface area contributed by atoms with E-state index in [0.29, 0.717) is 30.3 Å². The summed E-state index contributed by atoms with van der Waals surface area (Å²) in [6, 6.07) is 14.1. The summed E-state index contributed by atoms with van der Waals surface area (Å²) in [5.74, 6) is 1.13. The zero-order valence-corrected chi connectivity index (χ0v) is 23.7. The molecule has 5 rings (SSSR count). The summed E-state index contributed by atoms with van der Waals surface area (Å²) in [5, 5.41) is 6.84. The number of piperazine rings is 1.